The molecule has 0 unspecified atom stereocenters. The highest BCUT2D eigenvalue weighted by Crippen LogP contribution is 2.39. The summed E-state index contributed by atoms with van der Waals surface area (Å²) in [6, 6.07) is 8.17. The van der Waals surface area contributed by atoms with Crippen molar-refractivity contribution in [2.75, 3.05) is 17.9 Å². The van der Waals surface area contributed by atoms with Crippen molar-refractivity contribution < 1.29 is 17.9 Å². The highest BCUT2D eigenvalue weighted by atomic mass is 79.9. The zero-order valence-electron chi connectivity index (χ0n) is 12.1. The number of ether oxygens (including phenoxy) is 2. The van der Waals surface area contributed by atoms with Crippen LogP contribution in [0.4, 0.5) is 5.69 Å². The molecule has 1 N–H and O–H groups in total. The van der Waals surface area contributed by atoms with E-state index >= 15 is 0 Å². The van der Waals surface area contributed by atoms with Crippen LogP contribution in [0.15, 0.2) is 44.2 Å². The number of benzene rings is 2. The van der Waals surface area contributed by atoms with Crippen LogP contribution < -0.4 is 14.2 Å². The first-order valence-corrected chi connectivity index (χ1v) is 9.82. The molecule has 0 amide bonds. The Balaban J connectivity index is 1.95. The first-order chi connectivity index (χ1) is 10.9. The van der Waals surface area contributed by atoms with E-state index in [0.717, 1.165) is 10.0 Å². The van der Waals surface area contributed by atoms with Crippen molar-refractivity contribution in [1.82, 2.24) is 0 Å². The lowest BCUT2D eigenvalue weighted by Crippen LogP contribution is -2.17. The molecule has 0 aromatic heterocycles. The maximum Gasteiger partial charge on any atom is 0.261 e. The zero-order valence-corrected chi connectivity index (χ0v) is 16.1. The van der Waals surface area contributed by atoms with E-state index in [0.29, 0.717) is 34.9 Å². The minimum atomic E-state index is -3.70. The largest absolute Gasteiger partial charge is 0.486 e. The Labute approximate surface area is 151 Å². The Morgan fingerprint density at radius 1 is 1.00 bits per heavy atom. The van der Waals surface area contributed by atoms with Gasteiger partial charge in [0, 0.05) is 21.1 Å². The second-order valence-corrected chi connectivity index (χ2v) is 8.38. The fourth-order valence-electron chi connectivity index (χ4n) is 2.13. The molecule has 1 aliphatic rings. The molecule has 0 aliphatic carbocycles. The van der Waals surface area contributed by atoms with E-state index in [1.165, 1.54) is 0 Å². The Hall–Kier alpha value is -1.25. The van der Waals surface area contributed by atoms with Gasteiger partial charge in [0.25, 0.3) is 10.0 Å². The first kappa shape index (κ1) is 16.6. The lowest BCUT2D eigenvalue weighted by atomic mass is 10.2. The molecule has 0 radical (unpaired) electrons. The second-order valence-electron chi connectivity index (χ2n) is 4.99. The van der Waals surface area contributed by atoms with E-state index in [9.17, 15) is 8.42 Å². The third-order valence-corrected chi connectivity index (χ3v) is 6.22. The molecular formula is C15H13Br2NO4S. The van der Waals surface area contributed by atoms with Crippen molar-refractivity contribution >= 4 is 47.6 Å². The molecule has 122 valence electrons. The van der Waals surface area contributed by atoms with Gasteiger partial charge in [0.15, 0.2) is 11.5 Å². The smallest absolute Gasteiger partial charge is 0.261 e. The van der Waals surface area contributed by atoms with Crippen LogP contribution in [0.2, 0.25) is 0 Å². The Morgan fingerprint density at radius 3 is 2.30 bits per heavy atom. The molecule has 1 heterocycles. The molecule has 0 bridgehead atoms. The molecule has 0 atom stereocenters. The Bertz CT molecular complexity index is 868. The molecular weight excluding hydrogens is 450 g/mol. The predicted octanol–water partition coefficient (Wildman–Crippen LogP) is 4.09. The van der Waals surface area contributed by atoms with Crippen molar-refractivity contribution in [2.45, 2.75) is 11.8 Å². The standard InChI is InChI=1S/C15H13Br2NO4S/c1-9-6-10(2-3-11(9)16)23(19,20)18-13-8-15-14(7-12(13)17)21-4-5-22-15/h2-3,6-8,18H,4-5H2,1H3. The zero-order chi connectivity index (χ0) is 16.6. The first-order valence-electron chi connectivity index (χ1n) is 6.75. The van der Waals surface area contributed by atoms with E-state index < -0.39 is 10.0 Å². The van der Waals surface area contributed by atoms with Crippen LogP contribution in [0.25, 0.3) is 0 Å². The number of aryl methyl sites for hydroxylation is 1. The van der Waals surface area contributed by atoms with Gasteiger partial charge in [0.1, 0.15) is 13.2 Å². The number of halogens is 2. The average molecular weight is 463 g/mol. The molecule has 0 saturated heterocycles. The SMILES string of the molecule is Cc1cc(S(=O)(=O)Nc2cc3c(cc2Br)OCCO3)ccc1Br. The number of nitrogens with one attached hydrogen (secondary N) is 1. The van der Waals surface area contributed by atoms with Gasteiger partial charge in [-0.25, -0.2) is 8.42 Å². The highest BCUT2D eigenvalue weighted by molar-refractivity contribution is 9.11. The quantitative estimate of drug-likeness (QED) is 0.745. The molecule has 23 heavy (non-hydrogen) atoms. The topological polar surface area (TPSA) is 64.6 Å². The van der Waals surface area contributed by atoms with E-state index in [1.54, 1.807) is 30.3 Å². The number of anilines is 1. The fraction of sp³-hybridized carbons (Fsp3) is 0.200. The van der Waals surface area contributed by atoms with Crippen molar-refractivity contribution in [3.05, 3.63) is 44.8 Å². The van der Waals surface area contributed by atoms with Crippen LogP contribution >= 0.6 is 31.9 Å². The molecule has 0 spiro atoms. The number of rotatable bonds is 3. The maximum atomic E-state index is 12.6. The van der Waals surface area contributed by atoms with E-state index in [2.05, 4.69) is 36.6 Å². The summed E-state index contributed by atoms with van der Waals surface area (Å²) in [4.78, 5) is 0.194. The third-order valence-electron chi connectivity index (χ3n) is 3.32. The number of sulfonamides is 1. The monoisotopic (exact) mass is 461 g/mol. The summed E-state index contributed by atoms with van der Waals surface area (Å²) in [6.45, 7) is 2.75. The van der Waals surface area contributed by atoms with Crippen LogP contribution in [-0.4, -0.2) is 21.6 Å². The van der Waals surface area contributed by atoms with Crippen LogP contribution in [0, 0.1) is 6.92 Å². The number of fused-ring (bicyclic) bond motifs is 1. The van der Waals surface area contributed by atoms with Gasteiger partial charge in [-0.05, 0) is 46.6 Å². The summed E-state index contributed by atoms with van der Waals surface area (Å²) in [7, 11) is -3.70. The van der Waals surface area contributed by atoms with Gasteiger partial charge in [-0.3, -0.25) is 4.72 Å². The number of hydrogen-bond donors (Lipinski definition) is 1. The molecule has 5 nitrogen and oxygen atoms in total. The van der Waals surface area contributed by atoms with Crippen LogP contribution in [0.3, 0.4) is 0 Å². The van der Waals surface area contributed by atoms with Crippen molar-refractivity contribution in [3.8, 4) is 11.5 Å². The van der Waals surface area contributed by atoms with Crippen LogP contribution in [-0.2, 0) is 10.0 Å². The van der Waals surface area contributed by atoms with Gasteiger partial charge >= 0.3 is 0 Å². The van der Waals surface area contributed by atoms with Gasteiger partial charge in [-0.1, -0.05) is 15.9 Å². The molecule has 0 fully saturated rings. The minimum absolute atomic E-state index is 0.194. The summed E-state index contributed by atoms with van der Waals surface area (Å²) in [5, 5.41) is 0. The minimum Gasteiger partial charge on any atom is -0.486 e. The van der Waals surface area contributed by atoms with Gasteiger partial charge in [0.05, 0.1) is 10.6 Å². The van der Waals surface area contributed by atoms with Crippen LogP contribution in [0.5, 0.6) is 11.5 Å². The predicted molar refractivity (Wildman–Crippen MR) is 94.8 cm³/mol. The van der Waals surface area contributed by atoms with E-state index in [4.69, 9.17) is 9.47 Å². The highest BCUT2D eigenvalue weighted by Gasteiger charge is 2.20. The Kier molecular flexibility index (Phi) is 4.57. The van der Waals surface area contributed by atoms with Gasteiger partial charge in [-0.15, -0.1) is 0 Å². The summed E-state index contributed by atoms with van der Waals surface area (Å²) in [5.41, 5.74) is 1.24. The van der Waals surface area contributed by atoms with Crippen molar-refractivity contribution in [1.29, 1.82) is 0 Å². The summed E-state index contributed by atoms with van der Waals surface area (Å²) in [6.07, 6.45) is 0. The molecule has 2 aromatic rings. The maximum absolute atomic E-state index is 12.6. The average Bonchev–Trinajstić information content (AvgIpc) is 2.50. The Morgan fingerprint density at radius 2 is 1.65 bits per heavy atom. The fourth-order valence-corrected chi connectivity index (χ4v) is 4.08. The molecule has 2 aromatic carbocycles. The molecule has 0 saturated carbocycles. The second kappa shape index (κ2) is 6.33. The van der Waals surface area contributed by atoms with Gasteiger partial charge in [-0.2, -0.15) is 0 Å². The lowest BCUT2D eigenvalue weighted by Gasteiger charge is -2.20. The van der Waals surface area contributed by atoms with Crippen molar-refractivity contribution in [3.63, 3.8) is 0 Å². The molecule has 1 aliphatic heterocycles. The summed E-state index contributed by atoms with van der Waals surface area (Å²) >= 11 is 6.72. The van der Waals surface area contributed by atoms with Crippen LogP contribution in [0.1, 0.15) is 5.56 Å². The van der Waals surface area contributed by atoms with Gasteiger partial charge in [0.2, 0.25) is 0 Å². The summed E-state index contributed by atoms with van der Waals surface area (Å²) in [5.74, 6) is 1.11. The number of hydrogen-bond acceptors (Lipinski definition) is 4. The third kappa shape index (κ3) is 3.49. The van der Waals surface area contributed by atoms with Crippen molar-refractivity contribution in [2.24, 2.45) is 0 Å². The van der Waals surface area contributed by atoms with E-state index in [1.807, 2.05) is 6.92 Å². The normalized spacial score (nSPS) is 13.7. The molecule has 8 heteroatoms. The lowest BCUT2D eigenvalue weighted by molar-refractivity contribution is 0.171. The molecule has 3 rings (SSSR count). The van der Waals surface area contributed by atoms with E-state index in [-0.39, 0.29) is 4.90 Å². The van der Waals surface area contributed by atoms with Gasteiger partial charge < -0.3 is 9.47 Å². The summed E-state index contributed by atoms with van der Waals surface area (Å²) < 4.78 is 40.1.